The summed E-state index contributed by atoms with van der Waals surface area (Å²) in [5.74, 6) is -0.618. The number of nitro benzene ring substituents is 1. The number of amides is 1. The maximum Gasteiger partial charge on any atom is 0.345 e. The van der Waals surface area contributed by atoms with Crippen LogP contribution in [0.5, 0.6) is 5.75 Å². The first kappa shape index (κ1) is 22.3. The fraction of sp³-hybridized carbons (Fsp3) is 0.0455. The number of nitrogens with zero attached hydrogens (tertiary/aromatic N) is 2. The molecule has 2 aromatic carbocycles. The standard InChI is InChI=1S/C22H14ClN3O6/c23-20-11-16(26(29)30)5-8-19(20)22(28)32-17-6-3-14(4-7-17)10-15(12-24)21(27)25-13-18-2-1-9-31-18/h1-11H,13H2,(H,25,27)/b15-10+. The van der Waals surface area contributed by atoms with E-state index in [0.29, 0.717) is 11.3 Å². The molecule has 0 bridgehead atoms. The Hall–Kier alpha value is -4.42. The summed E-state index contributed by atoms with van der Waals surface area (Å²) in [4.78, 5) is 34.6. The summed E-state index contributed by atoms with van der Waals surface area (Å²) in [7, 11) is 0. The van der Waals surface area contributed by atoms with Crippen LogP contribution in [0, 0.1) is 21.4 Å². The largest absolute Gasteiger partial charge is 0.467 e. The first-order chi connectivity index (χ1) is 15.4. The molecule has 0 aliphatic rings. The first-order valence-corrected chi connectivity index (χ1v) is 9.43. The molecule has 0 aliphatic heterocycles. The molecule has 3 rings (SSSR count). The van der Waals surface area contributed by atoms with Gasteiger partial charge in [-0.25, -0.2) is 4.79 Å². The van der Waals surface area contributed by atoms with E-state index in [9.17, 15) is 25.0 Å². The molecule has 0 saturated heterocycles. The number of hydrogen-bond donors (Lipinski definition) is 1. The van der Waals surface area contributed by atoms with Crippen LogP contribution in [0.15, 0.2) is 70.9 Å². The lowest BCUT2D eigenvalue weighted by Crippen LogP contribution is -2.23. The second kappa shape index (κ2) is 10.1. The van der Waals surface area contributed by atoms with E-state index in [1.807, 2.05) is 6.07 Å². The Morgan fingerprint density at radius 2 is 1.97 bits per heavy atom. The number of rotatable bonds is 7. The number of carbonyl (C=O) groups excluding carboxylic acids is 2. The van der Waals surface area contributed by atoms with Crippen LogP contribution in [0.3, 0.4) is 0 Å². The molecule has 1 heterocycles. The molecule has 160 valence electrons. The van der Waals surface area contributed by atoms with Gasteiger partial charge in [0.15, 0.2) is 0 Å². The second-order valence-electron chi connectivity index (χ2n) is 6.31. The van der Waals surface area contributed by atoms with Crippen molar-refractivity contribution in [3.8, 4) is 11.8 Å². The van der Waals surface area contributed by atoms with Crippen LogP contribution >= 0.6 is 11.6 Å². The number of nitro groups is 1. The smallest absolute Gasteiger partial charge is 0.345 e. The van der Waals surface area contributed by atoms with E-state index < -0.39 is 16.8 Å². The summed E-state index contributed by atoms with van der Waals surface area (Å²) in [6, 6.07) is 14.7. The van der Waals surface area contributed by atoms with Gasteiger partial charge in [0.1, 0.15) is 23.2 Å². The Balaban J connectivity index is 1.66. The number of nitriles is 1. The minimum absolute atomic E-state index is 0.0266. The lowest BCUT2D eigenvalue weighted by atomic mass is 10.1. The number of furan rings is 1. The highest BCUT2D eigenvalue weighted by Crippen LogP contribution is 2.24. The van der Waals surface area contributed by atoms with Crippen LogP contribution in [-0.2, 0) is 11.3 Å². The summed E-state index contributed by atoms with van der Waals surface area (Å²) in [5, 5.41) is 22.5. The van der Waals surface area contributed by atoms with Crippen molar-refractivity contribution in [2.45, 2.75) is 6.54 Å². The summed E-state index contributed by atoms with van der Waals surface area (Å²) >= 11 is 5.93. The molecular weight excluding hydrogens is 438 g/mol. The Labute approximate surface area is 186 Å². The van der Waals surface area contributed by atoms with Gasteiger partial charge in [-0.2, -0.15) is 5.26 Å². The maximum absolute atomic E-state index is 12.3. The molecule has 0 spiro atoms. The SMILES string of the molecule is N#C/C(=C\c1ccc(OC(=O)c2ccc([N+](=O)[O-])cc2Cl)cc1)C(=O)NCc1ccco1. The van der Waals surface area contributed by atoms with Crippen molar-refractivity contribution in [3.63, 3.8) is 0 Å². The van der Waals surface area contributed by atoms with Crippen LogP contribution in [0.25, 0.3) is 6.08 Å². The quantitative estimate of drug-likeness (QED) is 0.141. The van der Waals surface area contributed by atoms with E-state index in [2.05, 4.69) is 5.32 Å². The predicted octanol–water partition coefficient (Wildman–Crippen LogP) is 4.28. The van der Waals surface area contributed by atoms with Crippen molar-refractivity contribution in [2.24, 2.45) is 0 Å². The summed E-state index contributed by atoms with van der Waals surface area (Å²) in [5.41, 5.74) is 0.146. The number of halogens is 1. The zero-order valence-corrected chi connectivity index (χ0v) is 17.0. The topological polar surface area (TPSA) is 135 Å². The lowest BCUT2D eigenvalue weighted by Gasteiger charge is -2.06. The highest BCUT2D eigenvalue weighted by Gasteiger charge is 2.17. The van der Waals surface area contributed by atoms with Crippen molar-refractivity contribution in [1.29, 1.82) is 5.26 Å². The van der Waals surface area contributed by atoms with Crippen LogP contribution in [-0.4, -0.2) is 16.8 Å². The molecule has 0 fully saturated rings. The monoisotopic (exact) mass is 451 g/mol. The molecular formula is C22H14ClN3O6. The van der Waals surface area contributed by atoms with E-state index in [0.717, 1.165) is 12.1 Å². The number of benzene rings is 2. The van der Waals surface area contributed by atoms with E-state index in [-0.39, 0.29) is 34.1 Å². The van der Waals surface area contributed by atoms with Gasteiger partial charge in [0.2, 0.25) is 0 Å². The van der Waals surface area contributed by atoms with Crippen molar-refractivity contribution < 1.29 is 23.7 Å². The molecule has 32 heavy (non-hydrogen) atoms. The Morgan fingerprint density at radius 3 is 2.56 bits per heavy atom. The van der Waals surface area contributed by atoms with E-state index in [4.69, 9.17) is 20.8 Å². The predicted molar refractivity (Wildman–Crippen MR) is 114 cm³/mol. The minimum Gasteiger partial charge on any atom is -0.467 e. The molecule has 1 N–H and O–H groups in total. The number of esters is 1. The molecule has 0 unspecified atom stereocenters. The Kier molecular flexibility index (Phi) is 7.00. The van der Waals surface area contributed by atoms with Gasteiger partial charge in [-0.05, 0) is 42.0 Å². The molecule has 1 aromatic heterocycles. The van der Waals surface area contributed by atoms with Crippen LogP contribution in [0.4, 0.5) is 5.69 Å². The third-order valence-electron chi connectivity index (χ3n) is 4.15. The summed E-state index contributed by atoms with van der Waals surface area (Å²) < 4.78 is 10.3. The first-order valence-electron chi connectivity index (χ1n) is 9.06. The second-order valence-corrected chi connectivity index (χ2v) is 6.72. The molecule has 0 radical (unpaired) electrons. The molecule has 9 nitrogen and oxygen atoms in total. The van der Waals surface area contributed by atoms with Crippen LogP contribution < -0.4 is 10.1 Å². The number of nitrogens with one attached hydrogen (secondary N) is 1. The number of ether oxygens (including phenoxy) is 1. The minimum atomic E-state index is -0.789. The summed E-state index contributed by atoms with van der Waals surface area (Å²) in [6.07, 6.45) is 2.86. The van der Waals surface area contributed by atoms with Gasteiger partial charge >= 0.3 is 5.97 Å². The molecule has 10 heteroatoms. The van der Waals surface area contributed by atoms with Crippen molar-refractivity contribution >= 4 is 35.2 Å². The van der Waals surface area contributed by atoms with Gasteiger partial charge in [-0.3, -0.25) is 14.9 Å². The summed E-state index contributed by atoms with van der Waals surface area (Å²) in [6.45, 7) is 0.144. The van der Waals surface area contributed by atoms with Gasteiger partial charge in [0.05, 0.1) is 28.3 Å². The fourth-order valence-corrected chi connectivity index (χ4v) is 2.82. The average Bonchev–Trinajstić information content (AvgIpc) is 3.30. The zero-order valence-electron chi connectivity index (χ0n) is 16.3. The highest BCUT2D eigenvalue weighted by atomic mass is 35.5. The molecule has 3 aromatic rings. The lowest BCUT2D eigenvalue weighted by molar-refractivity contribution is -0.384. The number of hydrogen-bond acceptors (Lipinski definition) is 7. The van der Waals surface area contributed by atoms with Crippen LogP contribution in [0.2, 0.25) is 5.02 Å². The molecule has 0 atom stereocenters. The van der Waals surface area contributed by atoms with Crippen molar-refractivity contribution in [2.75, 3.05) is 0 Å². The highest BCUT2D eigenvalue weighted by molar-refractivity contribution is 6.33. The van der Waals surface area contributed by atoms with E-state index in [1.165, 1.54) is 30.5 Å². The van der Waals surface area contributed by atoms with Crippen molar-refractivity contribution in [3.05, 3.63) is 98.5 Å². The van der Waals surface area contributed by atoms with E-state index >= 15 is 0 Å². The van der Waals surface area contributed by atoms with Gasteiger partial charge < -0.3 is 14.5 Å². The van der Waals surface area contributed by atoms with Gasteiger partial charge in [-0.15, -0.1) is 0 Å². The third-order valence-corrected chi connectivity index (χ3v) is 4.47. The average molecular weight is 452 g/mol. The molecule has 0 aliphatic carbocycles. The zero-order chi connectivity index (χ0) is 23.1. The van der Waals surface area contributed by atoms with Gasteiger partial charge in [0, 0.05) is 12.1 Å². The Bertz CT molecular complexity index is 1230. The van der Waals surface area contributed by atoms with Gasteiger partial charge in [0.25, 0.3) is 11.6 Å². The van der Waals surface area contributed by atoms with Gasteiger partial charge in [-0.1, -0.05) is 23.7 Å². The Morgan fingerprint density at radius 1 is 1.22 bits per heavy atom. The molecule has 1 amide bonds. The number of non-ortho nitro benzene ring substituents is 1. The maximum atomic E-state index is 12.3. The number of carbonyl (C=O) groups is 2. The third kappa shape index (κ3) is 5.59. The van der Waals surface area contributed by atoms with Crippen LogP contribution in [0.1, 0.15) is 21.7 Å². The fourth-order valence-electron chi connectivity index (χ4n) is 2.57. The van der Waals surface area contributed by atoms with Crippen molar-refractivity contribution in [1.82, 2.24) is 5.32 Å². The van der Waals surface area contributed by atoms with E-state index in [1.54, 1.807) is 24.3 Å². The normalized spacial score (nSPS) is 10.8. The molecule has 0 saturated carbocycles.